The van der Waals surface area contributed by atoms with Crippen molar-refractivity contribution in [1.29, 1.82) is 0 Å². The maximum atomic E-state index is 12.2. The van der Waals surface area contributed by atoms with Crippen LogP contribution in [0, 0.1) is 0 Å². The minimum absolute atomic E-state index is 0.0259. The molecule has 0 aliphatic carbocycles. The molecule has 2 N–H and O–H groups in total. The minimum Gasteiger partial charge on any atom is -0.435 e. The molecule has 8 heteroatoms. The smallest absolute Gasteiger partial charge is 0.387 e. The van der Waals surface area contributed by atoms with Gasteiger partial charge in [0.2, 0.25) is 11.8 Å². The number of rotatable bonds is 6. The summed E-state index contributed by atoms with van der Waals surface area (Å²) in [7, 11) is 0. The molecular weight excluding hydrogens is 362 g/mol. The highest BCUT2D eigenvalue weighted by atomic mass is 32.2. The van der Waals surface area contributed by atoms with Crippen molar-refractivity contribution in [2.45, 2.75) is 29.7 Å². The summed E-state index contributed by atoms with van der Waals surface area (Å²) in [5.74, 6) is -0.473. The van der Waals surface area contributed by atoms with Crippen molar-refractivity contribution < 1.29 is 23.1 Å². The number of halogens is 2. The molecule has 5 nitrogen and oxygen atoms in total. The van der Waals surface area contributed by atoms with Gasteiger partial charge in [-0.05, 0) is 29.8 Å². The molecule has 1 aliphatic rings. The van der Waals surface area contributed by atoms with Gasteiger partial charge in [0, 0.05) is 17.9 Å². The van der Waals surface area contributed by atoms with E-state index in [0.29, 0.717) is 5.56 Å². The van der Waals surface area contributed by atoms with Gasteiger partial charge in [-0.1, -0.05) is 24.3 Å². The fourth-order valence-electron chi connectivity index (χ4n) is 2.50. The van der Waals surface area contributed by atoms with Crippen molar-refractivity contribution in [2.24, 2.45) is 0 Å². The van der Waals surface area contributed by atoms with Gasteiger partial charge in [0.1, 0.15) is 5.75 Å². The largest absolute Gasteiger partial charge is 0.435 e. The van der Waals surface area contributed by atoms with Gasteiger partial charge >= 0.3 is 6.61 Å². The van der Waals surface area contributed by atoms with Crippen LogP contribution in [0.15, 0.2) is 53.4 Å². The first-order chi connectivity index (χ1) is 12.5. The van der Waals surface area contributed by atoms with Crippen LogP contribution in [0.4, 0.5) is 14.5 Å². The molecule has 0 aromatic heterocycles. The number of carbonyl (C=O) groups is 2. The lowest BCUT2D eigenvalue weighted by Gasteiger charge is -2.23. The summed E-state index contributed by atoms with van der Waals surface area (Å²) in [5.41, 5.74) is 1.37. The number of hydrogen-bond donors (Lipinski definition) is 2. The molecule has 0 radical (unpaired) electrons. The lowest BCUT2D eigenvalue weighted by atomic mass is 10.2. The Kier molecular flexibility index (Phi) is 5.72. The lowest BCUT2D eigenvalue weighted by Crippen LogP contribution is -2.34. The number of ether oxygens (including phenoxy) is 1. The van der Waals surface area contributed by atoms with Crippen LogP contribution >= 0.6 is 11.8 Å². The quantitative estimate of drug-likeness (QED) is 0.808. The van der Waals surface area contributed by atoms with Gasteiger partial charge < -0.3 is 15.4 Å². The highest BCUT2D eigenvalue weighted by molar-refractivity contribution is 8.01. The molecular formula is C18H16F2N2O3S. The van der Waals surface area contributed by atoms with E-state index in [2.05, 4.69) is 15.4 Å². The Hall–Kier alpha value is -2.61. The Morgan fingerprint density at radius 1 is 1.23 bits per heavy atom. The number of carbonyl (C=O) groups excluding carboxylic acids is 2. The number of thioether (sulfide) groups is 1. The molecule has 26 heavy (non-hydrogen) atoms. The van der Waals surface area contributed by atoms with Crippen LogP contribution in [0.5, 0.6) is 5.75 Å². The Labute approximate surface area is 153 Å². The zero-order valence-corrected chi connectivity index (χ0v) is 14.4. The number of fused-ring (bicyclic) bond motifs is 1. The van der Waals surface area contributed by atoms with Crippen molar-refractivity contribution in [1.82, 2.24) is 5.32 Å². The van der Waals surface area contributed by atoms with E-state index in [0.717, 1.165) is 10.6 Å². The van der Waals surface area contributed by atoms with E-state index in [4.69, 9.17) is 0 Å². The van der Waals surface area contributed by atoms with Crippen molar-refractivity contribution in [3.8, 4) is 5.75 Å². The Morgan fingerprint density at radius 2 is 2.04 bits per heavy atom. The van der Waals surface area contributed by atoms with E-state index in [-0.39, 0.29) is 30.5 Å². The maximum absolute atomic E-state index is 12.2. The van der Waals surface area contributed by atoms with Gasteiger partial charge in [-0.25, -0.2) is 0 Å². The third kappa shape index (κ3) is 4.72. The van der Waals surface area contributed by atoms with Crippen molar-refractivity contribution in [3.63, 3.8) is 0 Å². The third-order valence-corrected chi connectivity index (χ3v) is 4.97. The number of alkyl halides is 2. The highest BCUT2D eigenvalue weighted by Gasteiger charge is 2.28. The molecule has 3 rings (SSSR count). The summed E-state index contributed by atoms with van der Waals surface area (Å²) in [6.45, 7) is -2.74. The molecule has 0 spiro atoms. The Bertz CT molecular complexity index is 817. The SMILES string of the molecule is O=C(C[C@H]1Sc2ccccc2NC1=O)NCc1cccc(OC(F)F)c1. The average molecular weight is 378 g/mol. The van der Waals surface area contributed by atoms with E-state index in [1.54, 1.807) is 12.1 Å². The van der Waals surface area contributed by atoms with Crippen LogP contribution in [0.2, 0.25) is 0 Å². The van der Waals surface area contributed by atoms with Crippen molar-refractivity contribution >= 4 is 29.3 Å². The summed E-state index contributed by atoms with van der Waals surface area (Å²) in [5, 5.41) is 4.97. The zero-order chi connectivity index (χ0) is 18.5. The predicted octanol–water partition coefficient (Wildman–Crippen LogP) is 3.41. The number of hydrogen-bond acceptors (Lipinski definition) is 4. The summed E-state index contributed by atoms with van der Waals surface area (Å²) in [6.07, 6.45) is 0.0259. The fraction of sp³-hybridized carbons (Fsp3) is 0.222. The molecule has 0 unspecified atom stereocenters. The third-order valence-electron chi connectivity index (χ3n) is 3.69. The van der Waals surface area contributed by atoms with E-state index >= 15 is 0 Å². The van der Waals surface area contributed by atoms with Crippen LogP contribution < -0.4 is 15.4 Å². The first kappa shape index (κ1) is 18.2. The van der Waals surface area contributed by atoms with Crippen LogP contribution in [0.25, 0.3) is 0 Å². The summed E-state index contributed by atoms with van der Waals surface area (Å²) in [6, 6.07) is 13.5. The van der Waals surface area contributed by atoms with Gasteiger partial charge in [-0.3, -0.25) is 9.59 Å². The highest BCUT2D eigenvalue weighted by Crippen LogP contribution is 2.36. The van der Waals surface area contributed by atoms with Gasteiger partial charge in [0.05, 0.1) is 10.9 Å². The number of nitrogens with one attached hydrogen (secondary N) is 2. The molecule has 0 saturated heterocycles. The summed E-state index contributed by atoms with van der Waals surface area (Å²) in [4.78, 5) is 25.2. The van der Waals surface area contributed by atoms with Crippen LogP contribution in [0.3, 0.4) is 0 Å². The van der Waals surface area contributed by atoms with E-state index in [1.807, 2.05) is 24.3 Å². The molecule has 0 bridgehead atoms. The van der Waals surface area contributed by atoms with Gasteiger partial charge in [-0.2, -0.15) is 8.78 Å². The first-order valence-corrected chi connectivity index (χ1v) is 8.76. The molecule has 1 heterocycles. The van der Waals surface area contributed by atoms with Crippen LogP contribution in [-0.4, -0.2) is 23.7 Å². The van der Waals surface area contributed by atoms with Crippen LogP contribution in [-0.2, 0) is 16.1 Å². The Balaban J connectivity index is 1.54. The van der Waals surface area contributed by atoms with Crippen LogP contribution in [0.1, 0.15) is 12.0 Å². The van der Waals surface area contributed by atoms with Crippen molar-refractivity contribution in [2.75, 3.05) is 5.32 Å². The van der Waals surface area contributed by atoms with E-state index in [9.17, 15) is 18.4 Å². The average Bonchev–Trinajstić information content (AvgIpc) is 2.60. The zero-order valence-electron chi connectivity index (χ0n) is 13.6. The molecule has 1 aliphatic heterocycles. The summed E-state index contributed by atoms with van der Waals surface area (Å²) >= 11 is 1.35. The Morgan fingerprint density at radius 3 is 2.85 bits per heavy atom. The topological polar surface area (TPSA) is 67.4 Å². The van der Waals surface area contributed by atoms with Crippen molar-refractivity contribution in [3.05, 3.63) is 54.1 Å². The van der Waals surface area contributed by atoms with Gasteiger partial charge in [0.15, 0.2) is 0 Å². The number of benzene rings is 2. The first-order valence-electron chi connectivity index (χ1n) is 7.88. The van der Waals surface area contributed by atoms with E-state index < -0.39 is 11.9 Å². The maximum Gasteiger partial charge on any atom is 0.387 e. The molecule has 0 saturated carbocycles. The molecule has 136 valence electrons. The predicted molar refractivity (Wildman–Crippen MR) is 94.3 cm³/mol. The molecule has 2 aromatic carbocycles. The number of anilines is 1. The second-order valence-corrected chi connectivity index (χ2v) is 6.84. The fourth-order valence-corrected chi connectivity index (χ4v) is 3.61. The van der Waals surface area contributed by atoms with Gasteiger partial charge in [-0.15, -0.1) is 11.8 Å². The second-order valence-electron chi connectivity index (χ2n) is 5.60. The standard InChI is InChI=1S/C18H16F2N2O3S/c19-18(20)25-12-5-3-4-11(8-12)10-21-16(23)9-15-17(24)22-13-6-1-2-7-14(13)26-15/h1-8,15,18H,9-10H2,(H,21,23)(H,22,24)/t15-/m1/s1. The van der Waals surface area contributed by atoms with Gasteiger partial charge in [0.25, 0.3) is 0 Å². The normalized spacial score (nSPS) is 16.0. The van der Waals surface area contributed by atoms with E-state index in [1.165, 1.54) is 23.9 Å². The lowest BCUT2D eigenvalue weighted by molar-refractivity contribution is -0.124. The summed E-state index contributed by atoms with van der Waals surface area (Å²) < 4.78 is 28.8. The molecule has 0 fully saturated rings. The molecule has 2 amide bonds. The molecule has 2 aromatic rings. The molecule has 1 atom stereocenters. The monoisotopic (exact) mass is 378 g/mol. The minimum atomic E-state index is -2.90. The second kappa shape index (κ2) is 8.18. The number of amides is 2. The number of para-hydroxylation sites is 1.